The summed E-state index contributed by atoms with van der Waals surface area (Å²) in [5.74, 6) is -0.421. The molecule has 40 heavy (non-hydrogen) atoms. The summed E-state index contributed by atoms with van der Waals surface area (Å²) in [6.45, 7) is 4.53. The molecule has 1 unspecified atom stereocenters. The molecule has 1 heterocycles. The fourth-order valence-corrected chi connectivity index (χ4v) is 8.37. The molecular weight excluding hydrogens is 542 g/mol. The van der Waals surface area contributed by atoms with E-state index < -0.39 is 38.1 Å². The van der Waals surface area contributed by atoms with E-state index in [0.717, 1.165) is 16.7 Å². The SMILES string of the molecule is COC(=O)C(CC(C)C)O[C@@H]([C@@H]1C[C@@H](SC(c2ccccc2)(c2ccccc2)c2ccccc2)CN1)S(C)(=O)=O. The van der Waals surface area contributed by atoms with E-state index in [2.05, 4.69) is 78.1 Å². The molecule has 3 aromatic rings. The number of carbonyl (C=O) groups excluding carboxylic acids is 1. The molecule has 1 fully saturated rings. The first-order chi connectivity index (χ1) is 19.1. The number of hydrogen-bond acceptors (Lipinski definition) is 7. The van der Waals surface area contributed by atoms with Gasteiger partial charge in [-0.05, 0) is 35.4 Å². The Labute approximate surface area is 242 Å². The number of ether oxygens (including phenoxy) is 2. The van der Waals surface area contributed by atoms with Gasteiger partial charge in [-0.25, -0.2) is 13.2 Å². The number of nitrogens with one attached hydrogen (secondary N) is 1. The Kier molecular flexibility index (Phi) is 10.1. The van der Waals surface area contributed by atoms with Crippen LogP contribution in [0.5, 0.6) is 0 Å². The summed E-state index contributed by atoms with van der Waals surface area (Å²) in [4.78, 5) is 12.5. The van der Waals surface area contributed by atoms with Gasteiger partial charge in [0.1, 0.15) is 0 Å². The highest BCUT2D eigenvalue weighted by molar-refractivity contribution is 8.01. The largest absolute Gasteiger partial charge is 0.467 e. The molecular formula is C32H39NO5S2. The van der Waals surface area contributed by atoms with Gasteiger partial charge in [0, 0.05) is 24.1 Å². The molecule has 0 radical (unpaired) electrons. The minimum atomic E-state index is -3.65. The zero-order valence-electron chi connectivity index (χ0n) is 23.5. The van der Waals surface area contributed by atoms with E-state index in [9.17, 15) is 13.2 Å². The predicted octanol–water partition coefficient (Wildman–Crippen LogP) is 5.42. The minimum absolute atomic E-state index is 0.0696. The van der Waals surface area contributed by atoms with Gasteiger partial charge >= 0.3 is 5.97 Å². The molecule has 6 nitrogen and oxygen atoms in total. The van der Waals surface area contributed by atoms with Crippen molar-refractivity contribution >= 4 is 27.6 Å². The Hall–Kier alpha value is -2.65. The first kappa shape index (κ1) is 30.3. The molecule has 0 saturated carbocycles. The van der Waals surface area contributed by atoms with E-state index in [1.165, 1.54) is 13.4 Å². The molecule has 3 aromatic carbocycles. The Balaban J connectivity index is 1.69. The molecule has 8 heteroatoms. The number of esters is 1. The first-order valence-corrected chi connectivity index (χ1v) is 16.5. The van der Waals surface area contributed by atoms with E-state index in [1.54, 1.807) is 0 Å². The molecule has 1 aliphatic heterocycles. The Morgan fingerprint density at radius 1 is 0.925 bits per heavy atom. The van der Waals surface area contributed by atoms with Crippen molar-refractivity contribution in [2.24, 2.45) is 5.92 Å². The maximum atomic E-state index is 13.0. The Morgan fingerprint density at radius 2 is 1.40 bits per heavy atom. The summed E-state index contributed by atoms with van der Waals surface area (Å²) in [5.41, 5.74) is 2.29. The summed E-state index contributed by atoms with van der Waals surface area (Å²) in [6.07, 6.45) is 1.16. The van der Waals surface area contributed by atoms with Crippen LogP contribution < -0.4 is 5.32 Å². The van der Waals surface area contributed by atoms with Crippen LogP contribution in [0, 0.1) is 5.92 Å². The first-order valence-electron chi connectivity index (χ1n) is 13.6. The normalized spacial score (nSPS) is 19.3. The van der Waals surface area contributed by atoms with Crippen LogP contribution in [-0.2, 0) is 28.9 Å². The van der Waals surface area contributed by atoms with Crippen LogP contribution in [0.1, 0.15) is 43.4 Å². The Bertz CT molecular complexity index is 1240. The van der Waals surface area contributed by atoms with Crippen LogP contribution >= 0.6 is 11.8 Å². The van der Waals surface area contributed by atoms with Crippen molar-refractivity contribution in [1.82, 2.24) is 5.32 Å². The van der Waals surface area contributed by atoms with Gasteiger partial charge in [0.2, 0.25) is 0 Å². The van der Waals surface area contributed by atoms with Crippen molar-refractivity contribution in [3.63, 3.8) is 0 Å². The second-order valence-electron chi connectivity index (χ2n) is 10.7. The third kappa shape index (κ3) is 6.97. The number of hydrogen-bond donors (Lipinski definition) is 1. The van der Waals surface area contributed by atoms with Crippen LogP contribution in [0.15, 0.2) is 91.0 Å². The molecule has 1 saturated heterocycles. The molecule has 0 amide bonds. The van der Waals surface area contributed by atoms with Gasteiger partial charge in [-0.15, -0.1) is 11.8 Å². The lowest BCUT2D eigenvalue weighted by Crippen LogP contribution is -2.46. The molecule has 0 aliphatic carbocycles. The lowest BCUT2D eigenvalue weighted by molar-refractivity contribution is -0.157. The number of methoxy groups -OCH3 is 1. The van der Waals surface area contributed by atoms with Gasteiger partial charge in [0.25, 0.3) is 0 Å². The zero-order chi connectivity index (χ0) is 28.8. The highest BCUT2D eigenvalue weighted by atomic mass is 32.2. The number of sulfone groups is 1. The topological polar surface area (TPSA) is 81.7 Å². The monoisotopic (exact) mass is 581 g/mol. The number of rotatable bonds is 12. The van der Waals surface area contributed by atoms with Crippen LogP contribution in [-0.4, -0.2) is 57.1 Å². The van der Waals surface area contributed by atoms with Gasteiger partial charge in [-0.2, -0.15) is 0 Å². The maximum Gasteiger partial charge on any atom is 0.335 e. The van der Waals surface area contributed by atoms with Gasteiger partial charge in [-0.3, -0.25) is 0 Å². The quantitative estimate of drug-likeness (QED) is 0.226. The van der Waals surface area contributed by atoms with E-state index in [1.807, 2.05) is 43.8 Å². The molecule has 0 bridgehead atoms. The van der Waals surface area contributed by atoms with Gasteiger partial charge in [0.05, 0.1) is 11.9 Å². The summed E-state index contributed by atoms with van der Waals surface area (Å²) >= 11 is 1.83. The van der Waals surface area contributed by atoms with E-state index in [0.29, 0.717) is 19.4 Å². The number of carbonyl (C=O) groups is 1. The summed E-state index contributed by atoms with van der Waals surface area (Å²) in [5, 5.41) is 3.50. The standard InChI is InChI=1S/C32H39NO5S2/c1-23(2)20-29(30(34)37-3)38-31(40(4,35)36)28-21-27(22-33-28)39-32(24-14-8-5-9-15-24,25-16-10-6-11-17-25)26-18-12-7-13-19-26/h5-19,23,27-29,31,33H,20-22H2,1-4H3/t27-,28+,29?,31-/m1/s1. The predicted molar refractivity (Wildman–Crippen MR) is 162 cm³/mol. The second-order valence-corrected chi connectivity index (χ2v) is 14.4. The number of benzene rings is 3. The zero-order valence-corrected chi connectivity index (χ0v) is 25.2. The highest BCUT2D eigenvalue weighted by Crippen LogP contribution is 2.51. The third-order valence-corrected chi connectivity index (χ3v) is 10.2. The average molecular weight is 582 g/mol. The van der Waals surface area contributed by atoms with Crippen molar-refractivity contribution in [3.05, 3.63) is 108 Å². The van der Waals surface area contributed by atoms with Gasteiger partial charge in [0.15, 0.2) is 21.4 Å². The van der Waals surface area contributed by atoms with Gasteiger partial charge in [-0.1, -0.05) is 105 Å². The lowest BCUT2D eigenvalue weighted by Gasteiger charge is -2.37. The molecule has 0 aromatic heterocycles. The van der Waals surface area contributed by atoms with Crippen molar-refractivity contribution in [1.29, 1.82) is 0 Å². The molecule has 0 spiro atoms. The van der Waals surface area contributed by atoms with Gasteiger partial charge < -0.3 is 14.8 Å². The van der Waals surface area contributed by atoms with E-state index in [-0.39, 0.29) is 11.2 Å². The van der Waals surface area contributed by atoms with Crippen LogP contribution in [0.3, 0.4) is 0 Å². The minimum Gasteiger partial charge on any atom is -0.467 e. The summed E-state index contributed by atoms with van der Waals surface area (Å²) < 4.78 is 36.5. The summed E-state index contributed by atoms with van der Waals surface area (Å²) in [6, 6.07) is 30.9. The molecule has 1 aliphatic rings. The average Bonchev–Trinajstić information content (AvgIpc) is 3.41. The molecule has 214 valence electrons. The van der Waals surface area contributed by atoms with Crippen LogP contribution in [0.25, 0.3) is 0 Å². The lowest BCUT2D eigenvalue weighted by atomic mass is 9.84. The summed E-state index contributed by atoms with van der Waals surface area (Å²) in [7, 11) is -2.35. The smallest absolute Gasteiger partial charge is 0.335 e. The van der Waals surface area contributed by atoms with Crippen molar-refractivity contribution in [2.45, 2.75) is 54.3 Å². The fourth-order valence-electron chi connectivity index (χ4n) is 5.43. The van der Waals surface area contributed by atoms with Crippen LogP contribution in [0.4, 0.5) is 0 Å². The Morgan fingerprint density at radius 3 is 1.80 bits per heavy atom. The van der Waals surface area contributed by atoms with Crippen molar-refractivity contribution in [2.75, 3.05) is 19.9 Å². The van der Waals surface area contributed by atoms with Crippen molar-refractivity contribution in [3.8, 4) is 0 Å². The molecule has 4 atom stereocenters. The van der Waals surface area contributed by atoms with Crippen LogP contribution in [0.2, 0.25) is 0 Å². The molecule has 4 rings (SSSR count). The van der Waals surface area contributed by atoms with Crippen molar-refractivity contribution < 1.29 is 22.7 Å². The molecule has 1 N–H and O–H groups in total. The number of thioether (sulfide) groups is 1. The second kappa shape index (κ2) is 13.3. The van der Waals surface area contributed by atoms with E-state index in [4.69, 9.17) is 9.47 Å². The fraction of sp³-hybridized carbons (Fsp3) is 0.406. The third-order valence-electron chi connectivity index (χ3n) is 7.21. The highest BCUT2D eigenvalue weighted by Gasteiger charge is 2.45. The maximum absolute atomic E-state index is 13.0. The van der Waals surface area contributed by atoms with E-state index >= 15 is 0 Å².